The number of rotatable bonds is 0. The van der Waals surface area contributed by atoms with Crippen molar-refractivity contribution in [1.29, 1.82) is 0 Å². The molecule has 1 aliphatic heterocycles. The number of nitrogens with zero attached hydrogens (tertiary/aromatic N) is 1. The van der Waals surface area contributed by atoms with Crippen molar-refractivity contribution in [2.45, 2.75) is 6.92 Å². The van der Waals surface area contributed by atoms with E-state index in [2.05, 4.69) is 10.3 Å². The summed E-state index contributed by atoms with van der Waals surface area (Å²) in [7, 11) is 0. The van der Waals surface area contributed by atoms with Gasteiger partial charge in [0, 0.05) is 11.9 Å². The molecule has 0 aliphatic carbocycles. The third kappa shape index (κ3) is 1.23. The second kappa shape index (κ2) is 2.81. The highest BCUT2D eigenvalue weighted by Gasteiger charge is 2.00. The molecule has 0 saturated heterocycles. The van der Waals surface area contributed by atoms with Crippen molar-refractivity contribution in [2.24, 2.45) is 4.99 Å². The number of nitrogens with one attached hydrogen (secondary N) is 1. The van der Waals surface area contributed by atoms with Gasteiger partial charge in [0.05, 0.1) is 11.4 Å². The zero-order chi connectivity index (χ0) is 8.39. The van der Waals surface area contributed by atoms with Gasteiger partial charge in [-0.05, 0) is 25.1 Å². The number of hydrogen-bond acceptors (Lipinski definition) is 2. The molecule has 0 fully saturated rings. The van der Waals surface area contributed by atoms with E-state index in [1.54, 1.807) is 0 Å². The molecule has 0 amide bonds. The van der Waals surface area contributed by atoms with Gasteiger partial charge in [-0.3, -0.25) is 4.99 Å². The van der Waals surface area contributed by atoms with E-state index in [4.69, 9.17) is 0 Å². The minimum Gasteiger partial charge on any atom is -0.357 e. The first kappa shape index (κ1) is 7.10. The summed E-state index contributed by atoms with van der Waals surface area (Å²) in [4.78, 5) is 4.27. The van der Waals surface area contributed by atoms with Crippen molar-refractivity contribution in [3.05, 3.63) is 36.0 Å². The molecule has 0 aromatic heterocycles. The fraction of sp³-hybridized carbons (Fsp3) is 0.100. The molecule has 0 atom stereocenters. The van der Waals surface area contributed by atoms with E-state index in [1.165, 1.54) is 0 Å². The lowest BCUT2D eigenvalue weighted by atomic mass is 10.2. The quantitative estimate of drug-likeness (QED) is 0.616. The summed E-state index contributed by atoms with van der Waals surface area (Å²) in [5.41, 5.74) is 3.18. The van der Waals surface area contributed by atoms with E-state index >= 15 is 0 Å². The molecule has 1 N–H and O–H groups in total. The first-order valence-corrected chi connectivity index (χ1v) is 3.93. The summed E-state index contributed by atoms with van der Waals surface area (Å²) >= 11 is 0. The van der Waals surface area contributed by atoms with Gasteiger partial charge >= 0.3 is 0 Å². The van der Waals surface area contributed by atoms with E-state index in [9.17, 15) is 0 Å². The highest BCUT2D eigenvalue weighted by atomic mass is 14.9. The van der Waals surface area contributed by atoms with Crippen LogP contribution >= 0.6 is 0 Å². The number of benzene rings is 1. The normalized spacial score (nSPS) is 14.2. The Hall–Kier alpha value is -1.57. The van der Waals surface area contributed by atoms with Gasteiger partial charge in [-0.15, -0.1) is 0 Å². The summed E-state index contributed by atoms with van der Waals surface area (Å²) in [5, 5.41) is 3.26. The Labute approximate surface area is 71.6 Å². The van der Waals surface area contributed by atoms with Crippen LogP contribution in [0.25, 0.3) is 0 Å². The Bertz CT molecular complexity index is 351. The Balaban J connectivity index is 2.49. The zero-order valence-electron chi connectivity index (χ0n) is 6.91. The van der Waals surface area contributed by atoms with Crippen LogP contribution in [0, 0.1) is 0 Å². The van der Waals surface area contributed by atoms with Gasteiger partial charge in [0.15, 0.2) is 0 Å². The highest BCUT2D eigenvalue weighted by Crippen LogP contribution is 2.26. The topological polar surface area (TPSA) is 24.4 Å². The average Bonchev–Trinajstić information content (AvgIpc) is 2.25. The Morgan fingerprint density at radius 2 is 2.08 bits per heavy atom. The largest absolute Gasteiger partial charge is 0.357 e. The molecule has 2 heteroatoms. The van der Waals surface area contributed by atoms with Crippen LogP contribution in [-0.2, 0) is 0 Å². The number of anilines is 1. The Morgan fingerprint density at radius 1 is 1.25 bits per heavy atom. The minimum absolute atomic E-state index is 0.991. The molecule has 0 radical (unpaired) electrons. The summed E-state index contributed by atoms with van der Waals surface area (Å²) < 4.78 is 0. The second-order valence-corrected chi connectivity index (χ2v) is 2.77. The predicted molar refractivity (Wildman–Crippen MR) is 52.0 cm³/mol. The van der Waals surface area contributed by atoms with Crippen molar-refractivity contribution < 1.29 is 0 Å². The molecule has 12 heavy (non-hydrogen) atoms. The van der Waals surface area contributed by atoms with Gasteiger partial charge in [0.1, 0.15) is 0 Å². The standard InChI is InChI=1S/C10H10N2/c1-8-6-7-11-9-4-2-3-5-10(9)12-8/h2-7,12H,1H3. The monoisotopic (exact) mass is 158 g/mol. The number of hydrogen-bond donors (Lipinski definition) is 1. The van der Waals surface area contributed by atoms with E-state index in [1.807, 2.05) is 43.5 Å². The van der Waals surface area contributed by atoms with Crippen LogP contribution in [-0.4, -0.2) is 6.21 Å². The fourth-order valence-corrected chi connectivity index (χ4v) is 1.18. The molecule has 60 valence electrons. The number of fused-ring (bicyclic) bond motifs is 1. The summed E-state index contributed by atoms with van der Waals surface area (Å²) in [5.74, 6) is 0. The molecule has 0 saturated carbocycles. The maximum absolute atomic E-state index is 4.27. The van der Waals surface area contributed by atoms with Crippen molar-refractivity contribution in [3.8, 4) is 0 Å². The molecule has 0 spiro atoms. The second-order valence-electron chi connectivity index (χ2n) is 2.77. The molecule has 2 rings (SSSR count). The van der Waals surface area contributed by atoms with E-state index in [-0.39, 0.29) is 0 Å². The van der Waals surface area contributed by atoms with Crippen LogP contribution in [0.5, 0.6) is 0 Å². The lowest BCUT2D eigenvalue weighted by Crippen LogP contribution is -1.93. The van der Waals surface area contributed by atoms with Gasteiger partial charge in [0.2, 0.25) is 0 Å². The maximum Gasteiger partial charge on any atom is 0.0864 e. The SMILES string of the molecule is CC1=CC=Nc2ccccc2N1. The lowest BCUT2D eigenvalue weighted by Gasteiger charge is -2.05. The molecule has 0 unspecified atom stereocenters. The predicted octanol–water partition coefficient (Wildman–Crippen LogP) is 2.72. The van der Waals surface area contributed by atoms with Crippen molar-refractivity contribution in [2.75, 3.05) is 5.32 Å². The van der Waals surface area contributed by atoms with Crippen LogP contribution in [0.1, 0.15) is 6.92 Å². The number of allylic oxidation sites excluding steroid dienone is 2. The Kier molecular flexibility index (Phi) is 1.67. The summed E-state index contributed by atoms with van der Waals surface area (Å²) in [6.07, 6.45) is 3.77. The smallest absolute Gasteiger partial charge is 0.0864 e. The summed E-state index contributed by atoms with van der Waals surface area (Å²) in [6.45, 7) is 2.02. The van der Waals surface area contributed by atoms with Crippen LogP contribution in [0.15, 0.2) is 41.0 Å². The van der Waals surface area contributed by atoms with Gasteiger partial charge < -0.3 is 5.32 Å². The molecular formula is C10H10N2. The van der Waals surface area contributed by atoms with Gasteiger partial charge in [-0.2, -0.15) is 0 Å². The first-order valence-electron chi connectivity index (χ1n) is 3.93. The van der Waals surface area contributed by atoms with Gasteiger partial charge in [-0.25, -0.2) is 0 Å². The number of aliphatic imine (C=N–C) groups is 1. The Morgan fingerprint density at radius 3 is 3.00 bits per heavy atom. The minimum atomic E-state index is 0.991. The van der Waals surface area contributed by atoms with Crippen molar-refractivity contribution in [3.63, 3.8) is 0 Å². The molecule has 0 bridgehead atoms. The third-order valence-electron chi connectivity index (χ3n) is 1.77. The van der Waals surface area contributed by atoms with E-state index in [0.29, 0.717) is 0 Å². The summed E-state index contributed by atoms with van der Waals surface area (Å²) in [6, 6.07) is 8.00. The van der Waals surface area contributed by atoms with E-state index < -0.39 is 0 Å². The molecule has 2 nitrogen and oxygen atoms in total. The van der Waals surface area contributed by atoms with Crippen LogP contribution in [0.2, 0.25) is 0 Å². The van der Waals surface area contributed by atoms with Crippen LogP contribution in [0.4, 0.5) is 11.4 Å². The maximum atomic E-state index is 4.27. The molecular weight excluding hydrogens is 148 g/mol. The fourth-order valence-electron chi connectivity index (χ4n) is 1.18. The molecule has 1 heterocycles. The zero-order valence-corrected chi connectivity index (χ0v) is 6.91. The first-order chi connectivity index (χ1) is 5.86. The van der Waals surface area contributed by atoms with Gasteiger partial charge in [-0.1, -0.05) is 12.1 Å². The van der Waals surface area contributed by atoms with Crippen LogP contribution < -0.4 is 5.32 Å². The average molecular weight is 158 g/mol. The van der Waals surface area contributed by atoms with E-state index in [0.717, 1.165) is 17.1 Å². The highest BCUT2D eigenvalue weighted by molar-refractivity contribution is 5.82. The third-order valence-corrected chi connectivity index (χ3v) is 1.77. The molecule has 1 aromatic carbocycles. The molecule has 1 aromatic rings. The van der Waals surface area contributed by atoms with Crippen molar-refractivity contribution in [1.82, 2.24) is 0 Å². The number of para-hydroxylation sites is 2. The molecule has 1 aliphatic rings. The van der Waals surface area contributed by atoms with Gasteiger partial charge in [0.25, 0.3) is 0 Å². The van der Waals surface area contributed by atoms with Crippen molar-refractivity contribution >= 4 is 17.6 Å². The lowest BCUT2D eigenvalue weighted by molar-refractivity contribution is 1.39. The van der Waals surface area contributed by atoms with Crippen LogP contribution in [0.3, 0.4) is 0 Å².